The first kappa shape index (κ1) is 18.5. The van der Waals surface area contributed by atoms with Crippen LogP contribution in [0.1, 0.15) is 43.2 Å². The van der Waals surface area contributed by atoms with Gasteiger partial charge in [0.15, 0.2) is 5.96 Å². The van der Waals surface area contributed by atoms with Crippen LogP contribution in [0.25, 0.3) is 0 Å². The molecule has 2 N–H and O–H groups in total. The number of nitrogens with one attached hydrogen (secondary N) is 2. The molecule has 0 amide bonds. The molecule has 23 heavy (non-hydrogen) atoms. The van der Waals surface area contributed by atoms with Crippen LogP contribution in [0.3, 0.4) is 0 Å². The normalized spacial score (nSPS) is 19.0. The highest BCUT2D eigenvalue weighted by Gasteiger charge is 2.10. The van der Waals surface area contributed by atoms with Gasteiger partial charge in [-0.05, 0) is 43.5 Å². The molecule has 0 spiro atoms. The molecule has 3 rings (SSSR count). The van der Waals surface area contributed by atoms with E-state index < -0.39 is 0 Å². The Morgan fingerprint density at radius 3 is 2.57 bits per heavy atom. The van der Waals surface area contributed by atoms with E-state index in [1.165, 1.54) is 49.9 Å². The molecule has 5 heteroatoms. The molecule has 1 aromatic rings. The summed E-state index contributed by atoms with van der Waals surface area (Å²) in [5.41, 5.74) is 2.77. The van der Waals surface area contributed by atoms with Crippen LogP contribution < -0.4 is 10.6 Å². The summed E-state index contributed by atoms with van der Waals surface area (Å²) in [5.74, 6) is 0.948. The minimum absolute atomic E-state index is 0. The molecule has 1 saturated heterocycles. The van der Waals surface area contributed by atoms with Gasteiger partial charge in [0.05, 0.1) is 0 Å². The molecule has 0 atom stereocenters. The van der Waals surface area contributed by atoms with Crippen LogP contribution in [0, 0.1) is 0 Å². The van der Waals surface area contributed by atoms with Gasteiger partial charge in [0.25, 0.3) is 0 Å². The number of halogens is 1. The van der Waals surface area contributed by atoms with E-state index in [1.54, 1.807) is 0 Å². The second-order valence-corrected chi connectivity index (χ2v) is 6.37. The lowest BCUT2D eigenvalue weighted by molar-refractivity contribution is 0.277. The third-order valence-corrected chi connectivity index (χ3v) is 4.45. The van der Waals surface area contributed by atoms with Gasteiger partial charge in [-0.1, -0.05) is 37.1 Å². The first-order valence-electron chi connectivity index (χ1n) is 8.72. The van der Waals surface area contributed by atoms with Crippen molar-refractivity contribution in [2.45, 2.75) is 45.2 Å². The van der Waals surface area contributed by atoms with Crippen LogP contribution in [-0.2, 0) is 13.1 Å². The molecule has 0 aromatic heterocycles. The van der Waals surface area contributed by atoms with Crippen LogP contribution in [0.5, 0.6) is 0 Å². The Morgan fingerprint density at radius 1 is 1.04 bits per heavy atom. The first-order valence-corrected chi connectivity index (χ1v) is 8.72. The molecule has 0 unspecified atom stereocenters. The summed E-state index contributed by atoms with van der Waals surface area (Å²) in [7, 11) is 0. The standard InChI is InChI=1S/C18H28N4.HI/c1-2-4-12-22(11-3-1)15-17-8-5-7-16(13-17)14-21-18-19-9-6-10-20-18;/h5,7-8,13H,1-4,6,9-12,14-15H2,(H2,19,20,21);1H. The second-order valence-electron chi connectivity index (χ2n) is 6.37. The molecule has 0 radical (unpaired) electrons. The van der Waals surface area contributed by atoms with Crippen LogP contribution in [0.4, 0.5) is 0 Å². The summed E-state index contributed by atoms with van der Waals surface area (Å²) in [5, 5.41) is 6.71. The van der Waals surface area contributed by atoms with Gasteiger partial charge in [-0.2, -0.15) is 0 Å². The maximum Gasteiger partial charge on any atom is 0.191 e. The van der Waals surface area contributed by atoms with Gasteiger partial charge in [-0.3, -0.25) is 9.89 Å². The SMILES string of the molecule is I.c1cc(CNC2=NCCCN2)cc(CN2CCCCCC2)c1. The third-order valence-electron chi connectivity index (χ3n) is 4.45. The molecule has 128 valence electrons. The molecular weight excluding hydrogens is 399 g/mol. The monoisotopic (exact) mass is 428 g/mol. The van der Waals surface area contributed by atoms with Gasteiger partial charge >= 0.3 is 0 Å². The first-order chi connectivity index (χ1) is 10.9. The Hall–Kier alpha value is -0.820. The van der Waals surface area contributed by atoms with Crippen molar-refractivity contribution >= 4 is 29.9 Å². The zero-order valence-corrected chi connectivity index (χ0v) is 16.2. The Kier molecular flexibility index (Phi) is 8.16. The molecule has 0 saturated carbocycles. The number of hydrogen-bond donors (Lipinski definition) is 2. The number of hydrogen-bond acceptors (Lipinski definition) is 4. The molecule has 2 aliphatic rings. The number of benzene rings is 1. The average molecular weight is 428 g/mol. The minimum atomic E-state index is 0. The molecule has 0 bridgehead atoms. The lowest BCUT2D eigenvalue weighted by Gasteiger charge is -2.20. The minimum Gasteiger partial charge on any atom is -0.356 e. The van der Waals surface area contributed by atoms with E-state index in [4.69, 9.17) is 0 Å². The van der Waals surface area contributed by atoms with Gasteiger partial charge in [0, 0.05) is 26.2 Å². The van der Waals surface area contributed by atoms with Crippen LogP contribution in [-0.4, -0.2) is 37.0 Å². The van der Waals surface area contributed by atoms with Gasteiger partial charge in [-0.25, -0.2) is 0 Å². The number of aliphatic imine (C=N–C) groups is 1. The molecule has 0 aliphatic carbocycles. The third kappa shape index (κ3) is 6.30. The van der Waals surface area contributed by atoms with E-state index in [2.05, 4.69) is 44.8 Å². The van der Waals surface area contributed by atoms with E-state index in [0.29, 0.717) is 0 Å². The topological polar surface area (TPSA) is 39.7 Å². The summed E-state index contributed by atoms with van der Waals surface area (Å²) in [4.78, 5) is 7.06. The van der Waals surface area contributed by atoms with E-state index in [9.17, 15) is 0 Å². The molecule has 4 nitrogen and oxygen atoms in total. The van der Waals surface area contributed by atoms with E-state index in [1.807, 2.05) is 0 Å². The highest BCUT2D eigenvalue weighted by atomic mass is 127. The fourth-order valence-corrected chi connectivity index (χ4v) is 3.23. The quantitative estimate of drug-likeness (QED) is 0.725. The van der Waals surface area contributed by atoms with Crippen LogP contribution in [0.15, 0.2) is 29.3 Å². The largest absolute Gasteiger partial charge is 0.356 e. The van der Waals surface area contributed by atoms with Crippen LogP contribution >= 0.6 is 24.0 Å². The molecule has 1 aromatic carbocycles. The van der Waals surface area contributed by atoms with Gasteiger partial charge in [0.2, 0.25) is 0 Å². The lowest BCUT2D eigenvalue weighted by Crippen LogP contribution is -2.40. The predicted molar refractivity (Wildman–Crippen MR) is 107 cm³/mol. The van der Waals surface area contributed by atoms with Crippen molar-refractivity contribution in [2.24, 2.45) is 4.99 Å². The number of rotatable bonds is 4. The van der Waals surface area contributed by atoms with Crippen molar-refractivity contribution in [1.29, 1.82) is 0 Å². The number of guanidine groups is 1. The maximum absolute atomic E-state index is 4.46. The highest BCUT2D eigenvalue weighted by Crippen LogP contribution is 2.14. The summed E-state index contributed by atoms with van der Waals surface area (Å²) in [6.07, 6.45) is 6.64. The highest BCUT2D eigenvalue weighted by molar-refractivity contribution is 14.0. The van der Waals surface area contributed by atoms with E-state index in [0.717, 1.165) is 38.6 Å². The average Bonchev–Trinajstić information content (AvgIpc) is 2.83. The molecule has 1 fully saturated rings. The van der Waals surface area contributed by atoms with Gasteiger partial charge < -0.3 is 10.6 Å². The molecule has 2 heterocycles. The fourth-order valence-electron chi connectivity index (χ4n) is 3.23. The van der Waals surface area contributed by atoms with E-state index in [-0.39, 0.29) is 24.0 Å². The smallest absolute Gasteiger partial charge is 0.191 e. The molecular formula is C18H29IN4. The van der Waals surface area contributed by atoms with Gasteiger partial charge in [-0.15, -0.1) is 24.0 Å². The Labute approximate surface area is 157 Å². The van der Waals surface area contributed by atoms with Crippen LogP contribution in [0.2, 0.25) is 0 Å². The number of nitrogens with zero attached hydrogens (tertiary/aromatic N) is 2. The Bertz CT molecular complexity index is 496. The lowest BCUT2D eigenvalue weighted by atomic mass is 10.1. The fraction of sp³-hybridized carbons (Fsp3) is 0.611. The summed E-state index contributed by atoms with van der Waals surface area (Å²) in [6, 6.07) is 8.97. The zero-order chi connectivity index (χ0) is 15.0. The number of likely N-dealkylation sites (tertiary alicyclic amines) is 1. The van der Waals surface area contributed by atoms with E-state index >= 15 is 0 Å². The second kappa shape index (κ2) is 10.1. The zero-order valence-electron chi connectivity index (χ0n) is 13.9. The van der Waals surface area contributed by atoms with Crippen molar-refractivity contribution in [1.82, 2.24) is 15.5 Å². The Balaban J connectivity index is 0.00000192. The van der Waals surface area contributed by atoms with Crippen molar-refractivity contribution in [2.75, 3.05) is 26.2 Å². The predicted octanol–water partition coefficient (Wildman–Crippen LogP) is 3.12. The van der Waals surface area contributed by atoms with Crippen molar-refractivity contribution in [3.8, 4) is 0 Å². The maximum atomic E-state index is 4.46. The van der Waals surface area contributed by atoms with Crippen molar-refractivity contribution < 1.29 is 0 Å². The van der Waals surface area contributed by atoms with Gasteiger partial charge in [0.1, 0.15) is 0 Å². The summed E-state index contributed by atoms with van der Waals surface area (Å²) in [6.45, 7) is 6.41. The molecule has 2 aliphatic heterocycles. The van der Waals surface area contributed by atoms with Crippen molar-refractivity contribution in [3.63, 3.8) is 0 Å². The van der Waals surface area contributed by atoms with Crippen molar-refractivity contribution in [3.05, 3.63) is 35.4 Å². The summed E-state index contributed by atoms with van der Waals surface area (Å²) < 4.78 is 0. The summed E-state index contributed by atoms with van der Waals surface area (Å²) >= 11 is 0. The Morgan fingerprint density at radius 2 is 1.83 bits per heavy atom.